The zero-order valence-electron chi connectivity index (χ0n) is 14.5. The highest BCUT2D eigenvalue weighted by molar-refractivity contribution is 5.74. The van der Waals surface area contributed by atoms with Crippen LogP contribution in [0.2, 0.25) is 0 Å². The molecule has 1 aromatic rings. The largest absolute Gasteiger partial charge is 0.385 e. The molecule has 5 nitrogen and oxygen atoms in total. The van der Waals surface area contributed by atoms with Crippen LogP contribution in [0.5, 0.6) is 0 Å². The molecule has 24 heavy (non-hydrogen) atoms. The first-order chi connectivity index (χ1) is 11.8. The number of anilines is 1. The Morgan fingerprint density at radius 1 is 1.21 bits per heavy atom. The van der Waals surface area contributed by atoms with E-state index in [1.165, 1.54) is 0 Å². The minimum atomic E-state index is -0.0688. The number of hydrogen-bond acceptors (Lipinski definition) is 3. The van der Waals surface area contributed by atoms with Gasteiger partial charge >= 0.3 is 6.03 Å². The normalized spacial score (nSPS) is 25.8. The van der Waals surface area contributed by atoms with E-state index in [4.69, 9.17) is 4.74 Å². The number of rotatable bonds is 6. The van der Waals surface area contributed by atoms with E-state index >= 15 is 0 Å². The fourth-order valence-corrected chi connectivity index (χ4v) is 3.77. The van der Waals surface area contributed by atoms with E-state index in [1.54, 1.807) is 0 Å². The van der Waals surface area contributed by atoms with Gasteiger partial charge in [-0.3, -0.25) is 0 Å². The van der Waals surface area contributed by atoms with Crippen molar-refractivity contribution in [1.82, 2.24) is 10.6 Å². The van der Waals surface area contributed by atoms with E-state index in [0.29, 0.717) is 18.6 Å². The lowest BCUT2D eigenvalue weighted by Crippen LogP contribution is -2.49. The number of nitrogens with one attached hydrogen (secondary N) is 3. The third kappa shape index (κ3) is 4.41. The van der Waals surface area contributed by atoms with Crippen molar-refractivity contribution < 1.29 is 9.53 Å². The van der Waals surface area contributed by atoms with E-state index in [2.05, 4.69) is 47.1 Å². The Morgan fingerprint density at radius 2 is 2.04 bits per heavy atom. The molecule has 0 bridgehead atoms. The van der Waals surface area contributed by atoms with Crippen molar-refractivity contribution in [3.63, 3.8) is 0 Å². The molecule has 5 heteroatoms. The van der Waals surface area contributed by atoms with Crippen LogP contribution in [0.1, 0.15) is 44.6 Å². The second-order valence-corrected chi connectivity index (χ2v) is 6.85. The molecule has 3 N–H and O–H groups in total. The zero-order valence-corrected chi connectivity index (χ0v) is 14.5. The number of carbonyl (C=O) groups excluding carboxylic acids is 1. The second-order valence-electron chi connectivity index (χ2n) is 6.85. The standard InChI is InChI=1S/C19H29N3O2/c1-2-11-20-15-8-6-14(7-9-15)13-21-19(23)22-17-4-3-5-18-16(17)10-12-24-18/h6-9,16-18,20H,2-5,10-13H2,1H3,(H2,21,22,23)/t16-,17+,18-/m0/s1. The number of ether oxygens (including phenoxy) is 1. The molecular formula is C19H29N3O2. The Balaban J connectivity index is 1.43. The SMILES string of the molecule is CCCNc1ccc(CNC(=O)N[C@@H]2CCC[C@@H]3OCC[C@H]32)cc1. The predicted molar refractivity (Wildman–Crippen MR) is 96.1 cm³/mol. The van der Waals surface area contributed by atoms with E-state index in [9.17, 15) is 4.79 Å². The topological polar surface area (TPSA) is 62.4 Å². The van der Waals surface area contributed by atoms with Gasteiger partial charge in [0.2, 0.25) is 0 Å². The maximum absolute atomic E-state index is 12.2. The molecule has 2 amide bonds. The Morgan fingerprint density at radius 3 is 2.83 bits per heavy atom. The predicted octanol–water partition coefficient (Wildman–Crippen LogP) is 3.27. The molecule has 1 heterocycles. The molecule has 1 aromatic carbocycles. The van der Waals surface area contributed by atoms with Gasteiger partial charge in [0.05, 0.1) is 6.10 Å². The number of amides is 2. The molecular weight excluding hydrogens is 302 g/mol. The summed E-state index contributed by atoms with van der Waals surface area (Å²) >= 11 is 0. The Labute approximate surface area is 144 Å². The third-order valence-corrected chi connectivity index (χ3v) is 5.08. The summed E-state index contributed by atoms with van der Waals surface area (Å²) in [6.07, 6.45) is 5.88. The first kappa shape index (κ1) is 17.1. The number of carbonyl (C=O) groups is 1. The lowest BCUT2D eigenvalue weighted by Gasteiger charge is -2.33. The van der Waals surface area contributed by atoms with Gasteiger partial charge in [0.15, 0.2) is 0 Å². The molecule has 3 rings (SSSR count). The zero-order chi connectivity index (χ0) is 16.8. The Hall–Kier alpha value is -1.75. The van der Waals surface area contributed by atoms with E-state index in [1.807, 2.05) is 0 Å². The first-order valence-corrected chi connectivity index (χ1v) is 9.25. The smallest absolute Gasteiger partial charge is 0.315 e. The summed E-state index contributed by atoms with van der Waals surface area (Å²) < 4.78 is 5.76. The number of hydrogen-bond donors (Lipinski definition) is 3. The third-order valence-electron chi connectivity index (χ3n) is 5.08. The van der Waals surface area contributed by atoms with Gasteiger partial charge in [0.1, 0.15) is 0 Å². The lowest BCUT2D eigenvalue weighted by atomic mass is 9.82. The van der Waals surface area contributed by atoms with Crippen molar-refractivity contribution in [2.24, 2.45) is 5.92 Å². The van der Waals surface area contributed by atoms with Gasteiger partial charge in [0.25, 0.3) is 0 Å². The molecule has 0 spiro atoms. The van der Waals surface area contributed by atoms with Gasteiger partial charge < -0.3 is 20.7 Å². The highest BCUT2D eigenvalue weighted by atomic mass is 16.5. The number of fused-ring (bicyclic) bond motifs is 1. The Bertz CT molecular complexity index is 532. The van der Waals surface area contributed by atoms with Crippen LogP contribution in [0.4, 0.5) is 10.5 Å². The van der Waals surface area contributed by atoms with Gasteiger partial charge in [-0.15, -0.1) is 0 Å². The van der Waals surface area contributed by atoms with E-state index < -0.39 is 0 Å². The monoisotopic (exact) mass is 331 g/mol. The molecule has 0 radical (unpaired) electrons. The first-order valence-electron chi connectivity index (χ1n) is 9.25. The summed E-state index contributed by atoms with van der Waals surface area (Å²) in [5.74, 6) is 0.494. The van der Waals surface area contributed by atoms with Crippen LogP contribution in [0.15, 0.2) is 24.3 Å². The van der Waals surface area contributed by atoms with Crippen LogP contribution in [-0.2, 0) is 11.3 Å². The molecule has 1 aliphatic heterocycles. The number of urea groups is 1. The summed E-state index contributed by atoms with van der Waals surface area (Å²) in [6.45, 7) is 4.52. The fraction of sp³-hybridized carbons (Fsp3) is 0.632. The molecule has 2 fully saturated rings. The molecule has 1 saturated heterocycles. The summed E-state index contributed by atoms with van der Waals surface area (Å²) in [5.41, 5.74) is 2.23. The van der Waals surface area contributed by atoms with Crippen molar-refractivity contribution in [1.29, 1.82) is 0 Å². The van der Waals surface area contributed by atoms with E-state index in [-0.39, 0.29) is 12.1 Å². The second kappa shape index (κ2) is 8.38. The van der Waals surface area contributed by atoms with Gasteiger partial charge in [0, 0.05) is 37.3 Å². The van der Waals surface area contributed by atoms with Crippen LogP contribution in [0.3, 0.4) is 0 Å². The molecule has 1 aliphatic carbocycles. The van der Waals surface area contributed by atoms with Crippen molar-refractivity contribution in [3.05, 3.63) is 29.8 Å². The van der Waals surface area contributed by atoms with E-state index in [0.717, 1.165) is 56.5 Å². The maximum atomic E-state index is 12.2. The molecule has 132 valence electrons. The summed E-state index contributed by atoms with van der Waals surface area (Å²) in [6, 6.07) is 8.42. The van der Waals surface area contributed by atoms with Gasteiger partial charge in [-0.1, -0.05) is 19.1 Å². The maximum Gasteiger partial charge on any atom is 0.315 e. The van der Waals surface area contributed by atoms with Crippen molar-refractivity contribution >= 4 is 11.7 Å². The minimum absolute atomic E-state index is 0.0688. The van der Waals surface area contributed by atoms with Crippen molar-refractivity contribution in [2.45, 2.75) is 57.7 Å². The summed E-state index contributed by atoms with van der Waals surface area (Å²) in [7, 11) is 0. The fourth-order valence-electron chi connectivity index (χ4n) is 3.77. The summed E-state index contributed by atoms with van der Waals surface area (Å²) in [5, 5.41) is 9.49. The van der Waals surface area contributed by atoms with Crippen LogP contribution in [0.25, 0.3) is 0 Å². The molecule has 3 atom stereocenters. The number of benzene rings is 1. The van der Waals surface area contributed by atoms with Crippen LogP contribution in [0, 0.1) is 5.92 Å². The van der Waals surface area contributed by atoms with Crippen LogP contribution < -0.4 is 16.0 Å². The van der Waals surface area contributed by atoms with Crippen molar-refractivity contribution in [2.75, 3.05) is 18.5 Å². The molecule has 0 unspecified atom stereocenters. The summed E-state index contributed by atoms with van der Waals surface area (Å²) in [4.78, 5) is 12.2. The Kier molecular flexibility index (Phi) is 5.96. The van der Waals surface area contributed by atoms with Crippen LogP contribution in [-0.4, -0.2) is 31.3 Å². The van der Waals surface area contributed by atoms with Crippen molar-refractivity contribution in [3.8, 4) is 0 Å². The van der Waals surface area contributed by atoms with Gasteiger partial charge in [-0.2, -0.15) is 0 Å². The molecule has 0 aromatic heterocycles. The minimum Gasteiger partial charge on any atom is -0.385 e. The lowest BCUT2D eigenvalue weighted by molar-refractivity contribution is 0.0549. The molecule has 2 aliphatic rings. The molecule has 1 saturated carbocycles. The average Bonchev–Trinajstić information content (AvgIpc) is 3.09. The highest BCUT2D eigenvalue weighted by Crippen LogP contribution is 2.34. The average molecular weight is 331 g/mol. The quantitative estimate of drug-likeness (QED) is 0.750. The van der Waals surface area contributed by atoms with Crippen LogP contribution >= 0.6 is 0 Å². The van der Waals surface area contributed by atoms with Gasteiger partial charge in [-0.25, -0.2) is 4.79 Å². The van der Waals surface area contributed by atoms with Gasteiger partial charge in [-0.05, 0) is 49.8 Å². The highest BCUT2D eigenvalue weighted by Gasteiger charge is 2.38.